The van der Waals surface area contributed by atoms with Gasteiger partial charge in [0, 0.05) is 22.7 Å². The number of hydrogen-bond donors (Lipinski definition) is 1. The Hall–Kier alpha value is -1.87. The van der Waals surface area contributed by atoms with Crippen LogP contribution in [-0.2, 0) is 0 Å². The molecule has 1 aromatic carbocycles. The minimum absolute atomic E-state index is 0.0955. The highest BCUT2D eigenvalue weighted by atomic mass is 32.1. The fraction of sp³-hybridized carbons (Fsp3) is 0. The smallest absolute Gasteiger partial charge is 0.202 e. The third kappa shape index (κ3) is 1.46. The van der Waals surface area contributed by atoms with Gasteiger partial charge >= 0.3 is 0 Å². The Kier molecular flexibility index (Phi) is 2.11. The fourth-order valence-corrected chi connectivity index (χ4v) is 2.43. The zero-order chi connectivity index (χ0) is 11.0. The van der Waals surface area contributed by atoms with Crippen molar-refractivity contribution in [3.63, 3.8) is 0 Å². The molecule has 2 heterocycles. The predicted octanol–water partition coefficient (Wildman–Crippen LogP) is 3.46. The molecule has 0 aliphatic rings. The summed E-state index contributed by atoms with van der Waals surface area (Å²) in [5, 5.41) is 2.99. The van der Waals surface area contributed by atoms with Gasteiger partial charge < -0.3 is 4.98 Å². The number of aromatic amines is 1. The van der Waals surface area contributed by atoms with E-state index < -0.39 is 0 Å². The van der Waals surface area contributed by atoms with E-state index in [1.807, 2.05) is 48.0 Å². The number of carbonyl (C=O) groups is 1. The molecule has 0 unspecified atom stereocenters. The molecule has 0 radical (unpaired) electrons. The molecule has 2 nitrogen and oxygen atoms in total. The van der Waals surface area contributed by atoms with Gasteiger partial charge in [0.2, 0.25) is 5.78 Å². The third-order valence-electron chi connectivity index (χ3n) is 2.56. The van der Waals surface area contributed by atoms with Crippen LogP contribution in [0.15, 0.2) is 48.0 Å². The number of H-pyrrole nitrogens is 1. The Morgan fingerprint density at radius 3 is 2.94 bits per heavy atom. The van der Waals surface area contributed by atoms with E-state index in [9.17, 15) is 4.79 Å². The number of benzene rings is 1. The summed E-state index contributed by atoms with van der Waals surface area (Å²) in [6, 6.07) is 11.5. The van der Waals surface area contributed by atoms with Crippen molar-refractivity contribution >= 4 is 28.0 Å². The number of fused-ring (bicyclic) bond motifs is 1. The first kappa shape index (κ1) is 9.36. The number of hydrogen-bond acceptors (Lipinski definition) is 2. The molecule has 0 aliphatic carbocycles. The van der Waals surface area contributed by atoms with Crippen LogP contribution in [-0.4, -0.2) is 10.8 Å². The number of aromatic nitrogens is 1. The van der Waals surface area contributed by atoms with Crippen LogP contribution in [0.5, 0.6) is 0 Å². The summed E-state index contributed by atoms with van der Waals surface area (Å²) < 4.78 is 0. The zero-order valence-corrected chi connectivity index (χ0v) is 9.25. The van der Waals surface area contributed by atoms with Crippen LogP contribution in [0, 0.1) is 0 Å². The molecule has 0 spiro atoms. The van der Waals surface area contributed by atoms with E-state index in [2.05, 4.69) is 4.98 Å². The van der Waals surface area contributed by atoms with Gasteiger partial charge in [0.15, 0.2) is 0 Å². The Bertz CT molecular complexity index is 637. The molecule has 16 heavy (non-hydrogen) atoms. The average Bonchev–Trinajstić information content (AvgIpc) is 2.98. The molecule has 3 heteroatoms. The van der Waals surface area contributed by atoms with Crippen molar-refractivity contribution in [1.82, 2.24) is 4.98 Å². The molecule has 78 valence electrons. The van der Waals surface area contributed by atoms with Crippen molar-refractivity contribution in [2.45, 2.75) is 0 Å². The van der Waals surface area contributed by atoms with Crippen LogP contribution in [0.4, 0.5) is 0 Å². The third-order valence-corrected chi connectivity index (χ3v) is 3.43. The summed E-state index contributed by atoms with van der Waals surface area (Å²) in [6.07, 6.45) is 1.88. The molecule has 2 aromatic heterocycles. The lowest BCUT2D eigenvalue weighted by atomic mass is 10.1. The highest BCUT2D eigenvalue weighted by Gasteiger charge is 2.10. The number of nitrogens with one attached hydrogen (secondary N) is 1. The lowest BCUT2D eigenvalue weighted by Crippen LogP contribution is -1.97. The first-order chi connectivity index (χ1) is 7.84. The summed E-state index contributed by atoms with van der Waals surface area (Å²) in [4.78, 5) is 16.0. The predicted molar refractivity (Wildman–Crippen MR) is 66.1 cm³/mol. The number of rotatable bonds is 2. The van der Waals surface area contributed by atoms with Crippen LogP contribution in [0.25, 0.3) is 10.9 Å². The second kappa shape index (κ2) is 3.61. The fourth-order valence-electron chi connectivity index (χ4n) is 1.74. The van der Waals surface area contributed by atoms with Crippen molar-refractivity contribution in [2.24, 2.45) is 0 Å². The van der Waals surface area contributed by atoms with Crippen molar-refractivity contribution in [3.05, 3.63) is 58.4 Å². The summed E-state index contributed by atoms with van der Waals surface area (Å²) in [7, 11) is 0. The number of carbonyl (C=O) groups excluding carboxylic acids is 1. The van der Waals surface area contributed by atoms with Crippen molar-refractivity contribution < 1.29 is 4.79 Å². The molecule has 1 N–H and O–H groups in total. The van der Waals surface area contributed by atoms with Crippen molar-refractivity contribution in [3.8, 4) is 0 Å². The largest absolute Gasteiger partial charge is 0.361 e. The van der Waals surface area contributed by atoms with E-state index >= 15 is 0 Å². The van der Waals surface area contributed by atoms with Gasteiger partial charge in [0.05, 0.1) is 4.88 Å². The van der Waals surface area contributed by atoms with E-state index in [0.717, 1.165) is 21.3 Å². The quantitative estimate of drug-likeness (QED) is 0.668. The second-order valence-electron chi connectivity index (χ2n) is 3.59. The van der Waals surface area contributed by atoms with Gasteiger partial charge in [-0.15, -0.1) is 11.3 Å². The van der Waals surface area contributed by atoms with Crippen LogP contribution in [0.3, 0.4) is 0 Å². The van der Waals surface area contributed by atoms with Gasteiger partial charge in [-0.3, -0.25) is 4.79 Å². The van der Waals surface area contributed by atoms with E-state index in [4.69, 9.17) is 0 Å². The van der Waals surface area contributed by atoms with E-state index in [0.29, 0.717) is 0 Å². The zero-order valence-electron chi connectivity index (χ0n) is 8.44. The van der Waals surface area contributed by atoms with Crippen molar-refractivity contribution in [1.29, 1.82) is 0 Å². The van der Waals surface area contributed by atoms with Gasteiger partial charge in [-0.1, -0.05) is 6.07 Å². The first-order valence-electron chi connectivity index (χ1n) is 5.00. The molecule has 0 aliphatic heterocycles. The molecule has 3 aromatic rings. The normalized spacial score (nSPS) is 10.8. The van der Waals surface area contributed by atoms with E-state index in [-0.39, 0.29) is 5.78 Å². The maximum Gasteiger partial charge on any atom is 0.202 e. The highest BCUT2D eigenvalue weighted by Crippen LogP contribution is 2.19. The highest BCUT2D eigenvalue weighted by molar-refractivity contribution is 7.12. The lowest BCUT2D eigenvalue weighted by Gasteiger charge is -1.98. The molecule has 0 fully saturated rings. The van der Waals surface area contributed by atoms with Crippen LogP contribution in [0.2, 0.25) is 0 Å². The minimum atomic E-state index is 0.0955. The second-order valence-corrected chi connectivity index (χ2v) is 4.53. The molecule has 0 amide bonds. The maximum atomic E-state index is 12.1. The molecule has 3 rings (SSSR count). The van der Waals surface area contributed by atoms with Crippen LogP contribution in [0.1, 0.15) is 15.2 Å². The summed E-state index contributed by atoms with van der Waals surface area (Å²) in [6.45, 7) is 0. The Balaban J connectivity index is 2.09. The summed E-state index contributed by atoms with van der Waals surface area (Å²) in [5.41, 5.74) is 1.80. The SMILES string of the molecule is O=C(c1ccc2[nH]ccc2c1)c1cccs1. The monoisotopic (exact) mass is 227 g/mol. The lowest BCUT2D eigenvalue weighted by molar-refractivity contribution is 0.104. The Morgan fingerprint density at radius 1 is 1.19 bits per heavy atom. The number of ketones is 1. The van der Waals surface area contributed by atoms with E-state index in [1.165, 1.54) is 11.3 Å². The maximum absolute atomic E-state index is 12.1. The van der Waals surface area contributed by atoms with Gasteiger partial charge in [0.1, 0.15) is 0 Å². The van der Waals surface area contributed by atoms with Gasteiger partial charge in [0.25, 0.3) is 0 Å². The van der Waals surface area contributed by atoms with E-state index in [1.54, 1.807) is 0 Å². The van der Waals surface area contributed by atoms with Crippen molar-refractivity contribution in [2.75, 3.05) is 0 Å². The first-order valence-corrected chi connectivity index (χ1v) is 5.88. The molecule has 0 saturated heterocycles. The van der Waals surface area contributed by atoms with Gasteiger partial charge in [-0.2, -0.15) is 0 Å². The van der Waals surface area contributed by atoms with Gasteiger partial charge in [-0.05, 0) is 35.7 Å². The van der Waals surface area contributed by atoms with Crippen LogP contribution < -0.4 is 0 Å². The minimum Gasteiger partial charge on any atom is -0.361 e. The molecule has 0 bridgehead atoms. The Morgan fingerprint density at radius 2 is 2.12 bits per heavy atom. The standard InChI is InChI=1S/C13H9NOS/c15-13(12-2-1-7-16-12)10-3-4-11-9(8-10)5-6-14-11/h1-8,14H. The summed E-state index contributed by atoms with van der Waals surface area (Å²) >= 11 is 1.48. The number of thiophene rings is 1. The molecular formula is C13H9NOS. The molecule has 0 saturated carbocycles. The average molecular weight is 227 g/mol. The van der Waals surface area contributed by atoms with Gasteiger partial charge in [-0.25, -0.2) is 0 Å². The summed E-state index contributed by atoms with van der Waals surface area (Å²) in [5.74, 6) is 0.0955. The topological polar surface area (TPSA) is 32.9 Å². The van der Waals surface area contributed by atoms with Crippen LogP contribution >= 0.6 is 11.3 Å². The molecule has 0 atom stereocenters. The molecular weight excluding hydrogens is 218 g/mol. The Labute approximate surface area is 96.5 Å².